The molecule has 2 saturated carbocycles. The third-order valence-corrected chi connectivity index (χ3v) is 7.93. The minimum atomic E-state index is -0.965. The van der Waals surface area contributed by atoms with Crippen molar-refractivity contribution in [3.05, 3.63) is 59.2 Å². The van der Waals surface area contributed by atoms with Crippen LogP contribution in [-0.2, 0) is 5.72 Å². The second-order valence-electron chi connectivity index (χ2n) is 11.2. The zero-order valence-electron chi connectivity index (χ0n) is 26.3. The molecule has 2 aliphatic rings. The molecule has 38 heavy (non-hydrogen) atoms. The van der Waals surface area contributed by atoms with Gasteiger partial charge in [0.05, 0.1) is 0 Å². The van der Waals surface area contributed by atoms with E-state index in [1.807, 2.05) is 58.9 Å². The van der Waals surface area contributed by atoms with E-state index in [2.05, 4.69) is 45.9 Å². The molecule has 4 rings (SSSR count). The Hall–Kier alpha value is -2.00. The molecular formula is C35H60N2O. The molecule has 2 fully saturated rings. The number of nitrogens with two attached hydrogens (primary N) is 2. The van der Waals surface area contributed by atoms with E-state index < -0.39 is 5.72 Å². The molecule has 216 valence electrons. The van der Waals surface area contributed by atoms with Gasteiger partial charge in [0, 0.05) is 11.3 Å². The summed E-state index contributed by atoms with van der Waals surface area (Å²) in [5.74, 6) is 4.24. The molecule has 0 saturated heterocycles. The lowest BCUT2D eigenvalue weighted by Gasteiger charge is -2.37. The van der Waals surface area contributed by atoms with Crippen LogP contribution >= 0.6 is 0 Å². The predicted molar refractivity (Wildman–Crippen MR) is 169 cm³/mol. The van der Waals surface area contributed by atoms with Crippen molar-refractivity contribution in [1.29, 1.82) is 0 Å². The van der Waals surface area contributed by atoms with Crippen molar-refractivity contribution in [2.45, 2.75) is 132 Å². The van der Waals surface area contributed by atoms with Crippen LogP contribution in [0.2, 0.25) is 0 Å². The maximum absolute atomic E-state index is 6.55. The monoisotopic (exact) mass is 524 g/mol. The van der Waals surface area contributed by atoms with Crippen LogP contribution in [0.1, 0.15) is 136 Å². The van der Waals surface area contributed by atoms with Crippen LogP contribution in [0.25, 0.3) is 0 Å². The van der Waals surface area contributed by atoms with E-state index in [-0.39, 0.29) is 0 Å². The van der Waals surface area contributed by atoms with Crippen molar-refractivity contribution in [3.8, 4) is 5.75 Å². The van der Waals surface area contributed by atoms with E-state index in [1.54, 1.807) is 0 Å². The fourth-order valence-electron chi connectivity index (χ4n) is 5.87. The molecule has 0 amide bonds. The molecule has 3 nitrogen and oxygen atoms in total. The van der Waals surface area contributed by atoms with E-state index in [1.165, 1.54) is 68.9 Å². The molecule has 0 bridgehead atoms. The number of aryl methyl sites for hydroxylation is 1. The number of nitrogen functional groups attached to an aromatic ring is 1. The molecule has 1 unspecified atom stereocenters. The van der Waals surface area contributed by atoms with Crippen molar-refractivity contribution in [2.24, 2.45) is 23.5 Å². The van der Waals surface area contributed by atoms with E-state index in [0.29, 0.717) is 5.92 Å². The SMILES string of the molecule is CC.CC.CCC.Cc1ccc(OC(C)(N)c2ccc(C3CCC(C4CCC(C)CC4)CC3)cc2N)cc1. The van der Waals surface area contributed by atoms with Crippen molar-refractivity contribution in [2.75, 3.05) is 5.73 Å². The Bertz CT molecular complexity index is 873. The fourth-order valence-corrected chi connectivity index (χ4v) is 5.87. The Morgan fingerprint density at radius 2 is 1.26 bits per heavy atom. The lowest BCUT2D eigenvalue weighted by molar-refractivity contribution is 0.0954. The predicted octanol–water partition coefficient (Wildman–Crippen LogP) is 10.4. The first-order chi connectivity index (χ1) is 18.2. The highest BCUT2D eigenvalue weighted by atomic mass is 16.5. The van der Waals surface area contributed by atoms with Gasteiger partial charge in [-0.15, -0.1) is 0 Å². The molecule has 2 aliphatic carbocycles. The summed E-state index contributed by atoms with van der Waals surface area (Å²) in [5.41, 5.74) is 16.2. The second-order valence-corrected chi connectivity index (χ2v) is 11.2. The highest BCUT2D eigenvalue weighted by Gasteiger charge is 2.31. The van der Waals surface area contributed by atoms with Crippen LogP contribution in [0.15, 0.2) is 42.5 Å². The first-order valence-electron chi connectivity index (χ1n) is 15.7. The van der Waals surface area contributed by atoms with Gasteiger partial charge in [-0.05, 0) is 99.8 Å². The number of benzene rings is 2. The number of hydrogen-bond donors (Lipinski definition) is 2. The van der Waals surface area contributed by atoms with Gasteiger partial charge in [0.1, 0.15) is 5.75 Å². The molecule has 0 heterocycles. The maximum atomic E-state index is 6.55. The van der Waals surface area contributed by atoms with E-state index in [4.69, 9.17) is 16.2 Å². The summed E-state index contributed by atoms with van der Waals surface area (Å²) in [5, 5.41) is 0. The second kappa shape index (κ2) is 17.6. The maximum Gasteiger partial charge on any atom is 0.183 e. The molecular weight excluding hydrogens is 464 g/mol. The summed E-state index contributed by atoms with van der Waals surface area (Å²) in [6, 6.07) is 14.4. The third-order valence-electron chi connectivity index (χ3n) is 7.93. The first kappa shape index (κ1) is 34.0. The Balaban J connectivity index is 0.000000944. The van der Waals surface area contributed by atoms with Gasteiger partial charge < -0.3 is 10.5 Å². The van der Waals surface area contributed by atoms with Crippen LogP contribution in [0.3, 0.4) is 0 Å². The summed E-state index contributed by atoms with van der Waals surface area (Å²) >= 11 is 0. The average molecular weight is 525 g/mol. The molecule has 0 aromatic heterocycles. The lowest BCUT2D eigenvalue weighted by atomic mass is 9.68. The van der Waals surface area contributed by atoms with Crippen LogP contribution in [0, 0.1) is 24.7 Å². The quantitative estimate of drug-likeness (QED) is 0.302. The summed E-state index contributed by atoms with van der Waals surface area (Å²) in [6.45, 7) is 18.6. The van der Waals surface area contributed by atoms with E-state index in [9.17, 15) is 0 Å². The third kappa shape index (κ3) is 10.3. The lowest BCUT2D eigenvalue weighted by Crippen LogP contribution is -2.40. The van der Waals surface area contributed by atoms with Gasteiger partial charge in [-0.1, -0.05) is 97.6 Å². The summed E-state index contributed by atoms with van der Waals surface area (Å²) < 4.78 is 6.10. The molecule has 0 aliphatic heterocycles. The van der Waals surface area contributed by atoms with Gasteiger partial charge >= 0.3 is 0 Å². The van der Waals surface area contributed by atoms with Crippen LogP contribution < -0.4 is 16.2 Å². The molecule has 4 N–H and O–H groups in total. The Kier molecular flexibility index (Phi) is 15.7. The largest absolute Gasteiger partial charge is 0.469 e. The van der Waals surface area contributed by atoms with Gasteiger partial charge in [0.15, 0.2) is 5.72 Å². The number of ether oxygens (including phenoxy) is 1. The van der Waals surface area contributed by atoms with Crippen molar-refractivity contribution in [3.63, 3.8) is 0 Å². The van der Waals surface area contributed by atoms with Crippen LogP contribution in [0.5, 0.6) is 5.75 Å². The van der Waals surface area contributed by atoms with Gasteiger partial charge in [-0.25, -0.2) is 0 Å². The van der Waals surface area contributed by atoms with E-state index >= 15 is 0 Å². The first-order valence-corrected chi connectivity index (χ1v) is 15.7. The van der Waals surface area contributed by atoms with E-state index in [0.717, 1.165) is 34.8 Å². The van der Waals surface area contributed by atoms with Gasteiger partial charge in [0.2, 0.25) is 0 Å². The summed E-state index contributed by atoms with van der Waals surface area (Å²) in [4.78, 5) is 0. The van der Waals surface area contributed by atoms with Gasteiger partial charge in [0.25, 0.3) is 0 Å². The van der Waals surface area contributed by atoms with Gasteiger partial charge in [-0.3, -0.25) is 5.73 Å². The molecule has 2 aromatic rings. The van der Waals surface area contributed by atoms with Crippen LogP contribution in [-0.4, -0.2) is 0 Å². The number of rotatable bonds is 5. The Morgan fingerprint density at radius 3 is 1.74 bits per heavy atom. The zero-order valence-corrected chi connectivity index (χ0v) is 26.3. The highest BCUT2D eigenvalue weighted by Crippen LogP contribution is 2.44. The van der Waals surface area contributed by atoms with Crippen molar-refractivity contribution < 1.29 is 4.74 Å². The van der Waals surface area contributed by atoms with Crippen molar-refractivity contribution >= 4 is 5.69 Å². The number of anilines is 1. The molecule has 0 spiro atoms. The smallest absolute Gasteiger partial charge is 0.183 e. The zero-order chi connectivity index (χ0) is 28.7. The highest BCUT2D eigenvalue weighted by molar-refractivity contribution is 5.53. The minimum absolute atomic E-state index is 0.622. The number of hydrogen-bond acceptors (Lipinski definition) is 3. The molecule has 1 atom stereocenters. The molecule has 3 heteroatoms. The summed E-state index contributed by atoms with van der Waals surface area (Å²) in [7, 11) is 0. The Labute approximate surface area is 236 Å². The molecule has 2 aromatic carbocycles. The fraction of sp³-hybridized carbons (Fsp3) is 0.657. The standard InChI is InChI=1S/C28H40N2O.C3H8.2C2H6/c1-19-4-8-21(9-5-19)22-10-12-23(13-11-22)24-14-17-26(27(29)18-24)28(3,30)31-25-15-6-20(2)7-16-25;1-3-2;2*1-2/h6-7,14-19,21-23H,4-5,8-13,29-30H2,1-3H3;3H2,1-2H3;2*1-2H3. The minimum Gasteiger partial charge on any atom is -0.469 e. The van der Waals surface area contributed by atoms with Gasteiger partial charge in [-0.2, -0.15) is 0 Å². The topological polar surface area (TPSA) is 61.3 Å². The molecule has 0 radical (unpaired) electrons. The van der Waals surface area contributed by atoms with Crippen molar-refractivity contribution in [1.82, 2.24) is 0 Å². The summed E-state index contributed by atoms with van der Waals surface area (Å²) in [6.07, 6.45) is 12.3. The normalized spacial score (nSPS) is 24.2. The average Bonchev–Trinajstić information content (AvgIpc) is 2.93. The Morgan fingerprint density at radius 1 is 0.789 bits per heavy atom. The van der Waals surface area contributed by atoms with Crippen LogP contribution in [0.4, 0.5) is 5.69 Å².